The summed E-state index contributed by atoms with van der Waals surface area (Å²) < 4.78 is 27.2. The highest BCUT2D eigenvalue weighted by Gasteiger charge is 2.14. The number of sulfonamides is 1. The molecule has 0 aliphatic carbocycles. The van der Waals surface area contributed by atoms with Crippen LogP contribution in [0.15, 0.2) is 52.3 Å². The molecule has 2 rings (SSSR count). The fourth-order valence-electron chi connectivity index (χ4n) is 1.75. The summed E-state index contributed by atoms with van der Waals surface area (Å²) in [7, 11) is -3.53. The van der Waals surface area contributed by atoms with Crippen molar-refractivity contribution in [1.29, 1.82) is 0 Å². The van der Waals surface area contributed by atoms with E-state index in [-0.39, 0.29) is 4.90 Å². The molecule has 0 saturated heterocycles. The monoisotopic (exact) mass is 307 g/mol. The van der Waals surface area contributed by atoms with Crippen LogP contribution in [0.4, 0.5) is 5.69 Å². The van der Waals surface area contributed by atoms with Gasteiger partial charge in [-0.3, -0.25) is 4.72 Å². The van der Waals surface area contributed by atoms with Crippen LogP contribution in [0.25, 0.3) is 0 Å². The van der Waals surface area contributed by atoms with Gasteiger partial charge in [-0.2, -0.15) is 0 Å². The van der Waals surface area contributed by atoms with Crippen LogP contribution in [0.5, 0.6) is 0 Å². The largest absolute Gasteiger partial charge is 0.280 e. The van der Waals surface area contributed by atoms with Crippen molar-refractivity contribution in [3.8, 4) is 0 Å². The second-order valence-corrected chi connectivity index (χ2v) is 7.14. The summed E-state index contributed by atoms with van der Waals surface area (Å²) in [6, 6.07) is 12.5. The van der Waals surface area contributed by atoms with E-state index in [1.807, 2.05) is 38.3 Å². The van der Waals surface area contributed by atoms with E-state index in [1.165, 1.54) is 0 Å². The number of hydrogen-bond acceptors (Lipinski definition) is 3. The summed E-state index contributed by atoms with van der Waals surface area (Å²) in [6.07, 6.45) is 1.98. The Kier molecular flexibility index (Phi) is 4.40. The third-order valence-corrected chi connectivity index (χ3v) is 5.25. The zero-order valence-electron chi connectivity index (χ0n) is 11.7. The number of hydrogen-bond donors (Lipinski definition) is 1. The van der Waals surface area contributed by atoms with Gasteiger partial charge in [0.1, 0.15) is 0 Å². The molecule has 0 fully saturated rings. The van der Waals surface area contributed by atoms with Gasteiger partial charge in [0.05, 0.1) is 4.90 Å². The number of rotatable bonds is 4. The van der Waals surface area contributed by atoms with Crippen molar-refractivity contribution in [1.82, 2.24) is 0 Å². The van der Waals surface area contributed by atoms with Crippen molar-refractivity contribution in [3.05, 3.63) is 53.6 Å². The van der Waals surface area contributed by atoms with Crippen LogP contribution in [-0.2, 0) is 10.0 Å². The van der Waals surface area contributed by atoms with Crippen LogP contribution in [-0.4, -0.2) is 14.7 Å². The van der Waals surface area contributed by atoms with Crippen molar-refractivity contribution in [2.24, 2.45) is 0 Å². The van der Waals surface area contributed by atoms with Gasteiger partial charge in [-0.05, 0) is 67.6 Å². The number of anilines is 1. The fraction of sp³-hybridized carbons (Fsp3) is 0.200. The van der Waals surface area contributed by atoms with Gasteiger partial charge in [0.15, 0.2) is 0 Å². The molecule has 2 aromatic carbocycles. The third-order valence-electron chi connectivity index (χ3n) is 3.13. The summed E-state index contributed by atoms with van der Waals surface area (Å²) >= 11 is 1.62. The lowest BCUT2D eigenvalue weighted by molar-refractivity contribution is 0.601. The van der Waals surface area contributed by atoms with Gasteiger partial charge in [0, 0.05) is 10.6 Å². The van der Waals surface area contributed by atoms with Crippen molar-refractivity contribution in [2.75, 3.05) is 11.0 Å². The smallest absolute Gasteiger partial charge is 0.261 e. The molecule has 0 aliphatic rings. The molecule has 0 unspecified atom stereocenters. The maximum Gasteiger partial charge on any atom is 0.261 e. The number of benzene rings is 2. The van der Waals surface area contributed by atoms with Crippen LogP contribution in [0.2, 0.25) is 0 Å². The van der Waals surface area contributed by atoms with Gasteiger partial charge in [-0.15, -0.1) is 11.8 Å². The molecular formula is C15H17NO2S2. The van der Waals surface area contributed by atoms with Gasteiger partial charge in [-0.1, -0.05) is 6.07 Å². The van der Waals surface area contributed by atoms with Gasteiger partial charge >= 0.3 is 0 Å². The second-order valence-electron chi connectivity index (χ2n) is 4.58. The van der Waals surface area contributed by atoms with E-state index in [9.17, 15) is 8.42 Å². The molecule has 2 aromatic rings. The molecule has 0 bridgehead atoms. The van der Waals surface area contributed by atoms with Crippen LogP contribution in [0.1, 0.15) is 11.1 Å². The molecule has 0 aliphatic heterocycles. The van der Waals surface area contributed by atoms with Crippen LogP contribution in [0.3, 0.4) is 0 Å². The quantitative estimate of drug-likeness (QED) is 0.873. The van der Waals surface area contributed by atoms with Gasteiger partial charge in [0.2, 0.25) is 0 Å². The van der Waals surface area contributed by atoms with E-state index >= 15 is 0 Å². The highest BCUT2D eigenvalue weighted by molar-refractivity contribution is 7.98. The van der Waals surface area contributed by atoms with Crippen molar-refractivity contribution < 1.29 is 8.42 Å². The SMILES string of the molecule is CSc1ccc(NS(=O)(=O)c2ccc(C)c(C)c2)cc1. The average Bonchev–Trinajstić information content (AvgIpc) is 2.42. The van der Waals surface area contributed by atoms with Crippen molar-refractivity contribution in [3.63, 3.8) is 0 Å². The normalized spacial score (nSPS) is 11.3. The minimum Gasteiger partial charge on any atom is -0.280 e. The Hall–Kier alpha value is -1.46. The lowest BCUT2D eigenvalue weighted by atomic mass is 10.1. The maximum atomic E-state index is 12.3. The molecule has 5 heteroatoms. The zero-order chi connectivity index (χ0) is 14.8. The molecule has 20 heavy (non-hydrogen) atoms. The predicted molar refractivity (Wildman–Crippen MR) is 84.9 cm³/mol. The fourth-order valence-corrected chi connectivity index (χ4v) is 3.31. The summed E-state index contributed by atoms with van der Waals surface area (Å²) in [4.78, 5) is 1.38. The minimum absolute atomic E-state index is 0.287. The first-order valence-electron chi connectivity index (χ1n) is 6.16. The molecule has 0 heterocycles. The van der Waals surface area contributed by atoms with Crippen LogP contribution < -0.4 is 4.72 Å². The summed E-state index contributed by atoms with van der Waals surface area (Å²) in [5.41, 5.74) is 2.61. The van der Waals surface area contributed by atoms with E-state index in [0.717, 1.165) is 16.0 Å². The minimum atomic E-state index is -3.53. The molecular weight excluding hydrogens is 290 g/mol. The Labute approximate surface area is 124 Å². The first-order valence-corrected chi connectivity index (χ1v) is 8.87. The molecule has 1 N–H and O–H groups in total. The Morgan fingerprint density at radius 3 is 2.15 bits per heavy atom. The number of aryl methyl sites for hydroxylation is 2. The molecule has 0 amide bonds. The molecule has 0 radical (unpaired) electrons. The maximum absolute atomic E-state index is 12.3. The van der Waals surface area contributed by atoms with E-state index in [4.69, 9.17) is 0 Å². The summed E-state index contributed by atoms with van der Waals surface area (Å²) in [5, 5.41) is 0. The lowest BCUT2D eigenvalue weighted by Crippen LogP contribution is -2.13. The second kappa shape index (κ2) is 5.89. The standard InChI is InChI=1S/C15H17NO2S2/c1-11-4-9-15(10-12(11)2)20(17,18)16-13-5-7-14(19-3)8-6-13/h4-10,16H,1-3H3. The first-order chi connectivity index (χ1) is 9.42. The molecule has 106 valence electrons. The van der Waals surface area contributed by atoms with Gasteiger partial charge in [0.25, 0.3) is 10.0 Å². The first kappa shape index (κ1) is 14.9. The van der Waals surface area contributed by atoms with E-state index in [0.29, 0.717) is 5.69 Å². The van der Waals surface area contributed by atoms with Crippen LogP contribution >= 0.6 is 11.8 Å². The van der Waals surface area contributed by atoms with Crippen LogP contribution in [0, 0.1) is 13.8 Å². The number of nitrogens with one attached hydrogen (secondary N) is 1. The van der Waals surface area contributed by atoms with Gasteiger partial charge in [-0.25, -0.2) is 8.42 Å². The Bertz CT molecular complexity index is 707. The van der Waals surface area contributed by atoms with Gasteiger partial charge < -0.3 is 0 Å². The zero-order valence-corrected chi connectivity index (χ0v) is 13.3. The molecule has 0 spiro atoms. The predicted octanol–water partition coefficient (Wildman–Crippen LogP) is 3.83. The summed E-state index contributed by atoms with van der Waals surface area (Å²) in [6.45, 7) is 3.86. The Balaban J connectivity index is 2.27. The Morgan fingerprint density at radius 1 is 0.950 bits per heavy atom. The van der Waals surface area contributed by atoms with E-state index < -0.39 is 10.0 Å². The van der Waals surface area contributed by atoms with E-state index in [2.05, 4.69) is 4.72 Å². The molecule has 0 atom stereocenters. The van der Waals surface area contributed by atoms with Crippen molar-refractivity contribution >= 4 is 27.5 Å². The highest BCUT2D eigenvalue weighted by atomic mass is 32.2. The third kappa shape index (κ3) is 3.35. The lowest BCUT2D eigenvalue weighted by Gasteiger charge is -2.10. The highest BCUT2D eigenvalue weighted by Crippen LogP contribution is 2.21. The molecule has 3 nitrogen and oxygen atoms in total. The number of thioether (sulfide) groups is 1. The summed E-state index contributed by atoms with van der Waals surface area (Å²) in [5.74, 6) is 0. The Morgan fingerprint density at radius 2 is 1.60 bits per heavy atom. The topological polar surface area (TPSA) is 46.2 Å². The molecule has 0 aromatic heterocycles. The van der Waals surface area contributed by atoms with E-state index in [1.54, 1.807) is 36.0 Å². The molecule has 0 saturated carbocycles. The van der Waals surface area contributed by atoms with Crippen molar-refractivity contribution in [2.45, 2.75) is 23.6 Å². The average molecular weight is 307 g/mol.